The van der Waals surface area contributed by atoms with Gasteiger partial charge in [-0.05, 0) is 25.0 Å². The van der Waals surface area contributed by atoms with Gasteiger partial charge in [0.05, 0.1) is 12.0 Å². The fraction of sp³-hybridized carbons (Fsp3) is 0.462. The van der Waals surface area contributed by atoms with Crippen molar-refractivity contribution in [1.29, 1.82) is 0 Å². The first-order valence-corrected chi connectivity index (χ1v) is 7.97. The lowest BCUT2D eigenvalue weighted by atomic mass is 9.94. The van der Waals surface area contributed by atoms with Crippen molar-refractivity contribution < 1.29 is 13.2 Å². The molecule has 7 heteroatoms. The highest BCUT2D eigenvalue weighted by molar-refractivity contribution is 7.87. The van der Waals surface area contributed by atoms with Crippen LogP contribution in [-0.4, -0.2) is 38.4 Å². The van der Waals surface area contributed by atoms with Gasteiger partial charge >= 0.3 is 0 Å². The topological polar surface area (TPSA) is 92.5 Å². The molecule has 110 valence electrons. The van der Waals surface area contributed by atoms with E-state index in [4.69, 9.17) is 5.14 Å². The van der Waals surface area contributed by atoms with Gasteiger partial charge in [0, 0.05) is 13.1 Å². The zero-order chi connectivity index (χ0) is 14.9. The van der Waals surface area contributed by atoms with Crippen molar-refractivity contribution in [2.45, 2.75) is 25.8 Å². The van der Waals surface area contributed by atoms with Gasteiger partial charge in [-0.25, -0.2) is 5.14 Å². The van der Waals surface area contributed by atoms with E-state index < -0.39 is 10.2 Å². The molecule has 1 heterocycles. The van der Waals surface area contributed by atoms with Crippen molar-refractivity contribution in [3.05, 3.63) is 35.4 Å². The van der Waals surface area contributed by atoms with Crippen molar-refractivity contribution in [3.63, 3.8) is 0 Å². The van der Waals surface area contributed by atoms with E-state index in [1.165, 1.54) is 0 Å². The number of aryl methyl sites for hydroxylation is 1. The van der Waals surface area contributed by atoms with Gasteiger partial charge in [0.1, 0.15) is 0 Å². The Bertz CT molecular complexity index is 609. The lowest BCUT2D eigenvalue weighted by Crippen LogP contribution is -2.62. The second-order valence-electron chi connectivity index (χ2n) is 5.18. The molecule has 2 rings (SSSR count). The molecule has 0 aliphatic carbocycles. The molecule has 1 aliphatic heterocycles. The minimum absolute atomic E-state index is 0.00627. The van der Waals surface area contributed by atoms with Crippen LogP contribution in [0.25, 0.3) is 0 Å². The van der Waals surface area contributed by atoms with Crippen LogP contribution in [-0.2, 0) is 15.0 Å². The third-order valence-electron chi connectivity index (χ3n) is 3.55. The summed E-state index contributed by atoms with van der Waals surface area (Å²) < 4.78 is 24.0. The zero-order valence-electron chi connectivity index (χ0n) is 11.5. The number of amides is 1. The smallest absolute Gasteiger partial charge is 0.274 e. The molecule has 1 aliphatic rings. The Labute approximate surface area is 119 Å². The first kappa shape index (κ1) is 15.0. The number of carbonyl (C=O) groups excluding carboxylic acids is 1. The molecular weight excluding hydrogens is 278 g/mol. The number of likely N-dealkylation sites (tertiary alicyclic amines) is 1. The maximum atomic E-state index is 12.3. The Morgan fingerprint density at radius 3 is 2.55 bits per heavy atom. The number of nitrogens with one attached hydrogen (secondary N) is 1. The second-order valence-corrected chi connectivity index (χ2v) is 6.51. The number of hydrogen-bond acceptors (Lipinski definition) is 3. The minimum atomic E-state index is -3.70. The molecule has 1 fully saturated rings. The molecule has 1 amide bonds. The van der Waals surface area contributed by atoms with Crippen LogP contribution in [0.4, 0.5) is 0 Å². The normalized spacial score (nSPS) is 17.6. The zero-order valence-corrected chi connectivity index (χ0v) is 12.4. The van der Waals surface area contributed by atoms with Crippen molar-refractivity contribution in [2.24, 2.45) is 5.14 Å². The van der Waals surface area contributed by atoms with Crippen LogP contribution in [0.3, 0.4) is 0 Å². The Morgan fingerprint density at radius 2 is 2.00 bits per heavy atom. The summed E-state index contributed by atoms with van der Waals surface area (Å²) in [4.78, 5) is 13.9. The number of rotatable bonds is 4. The van der Waals surface area contributed by atoms with Crippen LogP contribution in [0.5, 0.6) is 0 Å². The second kappa shape index (κ2) is 5.51. The molecule has 6 nitrogen and oxygen atoms in total. The van der Waals surface area contributed by atoms with E-state index in [9.17, 15) is 13.2 Å². The average molecular weight is 297 g/mol. The fourth-order valence-electron chi connectivity index (χ4n) is 2.44. The third kappa shape index (κ3) is 3.36. The number of benzene rings is 1. The van der Waals surface area contributed by atoms with Gasteiger partial charge in [-0.15, -0.1) is 0 Å². The van der Waals surface area contributed by atoms with Crippen LogP contribution < -0.4 is 9.86 Å². The van der Waals surface area contributed by atoms with Crippen LogP contribution in [0.1, 0.15) is 24.0 Å². The Kier molecular flexibility index (Phi) is 4.12. The van der Waals surface area contributed by atoms with Gasteiger partial charge in [0.15, 0.2) is 0 Å². The lowest BCUT2D eigenvalue weighted by molar-refractivity contribution is -0.137. The molecule has 1 unspecified atom stereocenters. The first-order chi connectivity index (χ1) is 9.28. The minimum Gasteiger partial charge on any atom is -0.339 e. The Morgan fingerprint density at radius 1 is 1.40 bits per heavy atom. The van der Waals surface area contributed by atoms with Gasteiger partial charge < -0.3 is 4.90 Å². The number of nitrogens with zero attached hydrogens (tertiary/aromatic N) is 1. The fourth-order valence-corrected chi connectivity index (χ4v) is 3.06. The number of hydrogen-bond donors (Lipinski definition) is 2. The Hall–Kier alpha value is -1.44. The van der Waals surface area contributed by atoms with E-state index in [0.29, 0.717) is 13.1 Å². The monoisotopic (exact) mass is 297 g/mol. The van der Waals surface area contributed by atoms with Gasteiger partial charge in [-0.1, -0.05) is 24.3 Å². The SMILES string of the molecule is Cc1ccccc1C(C)C(=O)N1CC(NS(N)(=O)=O)C1. The van der Waals surface area contributed by atoms with E-state index in [-0.39, 0.29) is 17.9 Å². The summed E-state index contributed by atoms with van der Waals surface area (Å²) in [5.74, 6) is -0.224. The molecule has 1 atom stereocenters. The van der Waals surface area contributed by atoms with Crippen molar-refractivity contribution in [3.8, 4) is 0 Å². The highest BCUT2D eigenvalue weighted by Gasteiger charge is 2.35. The highest BCUT2D eigenvalue weighted by Crippen LogP contribution is 2.23. The van der Waals surface area contributed by atoms with Crippen LogP contribution in [0, 0.1) is 6.92 Å². The van der Waals surface area contributed by atoms with Crippen LogP contribution in [0.15, 0.2) is 24.3 Å². The third-order valence-corrected chi connectivity index (χ3v) is 4.21. The van der Waals surface area contributed by atoms with Gasteiger partial charge in [-0.2, -0.15) is 13.1 Å². The van der Waals surface area contributed by atoms with E-state index in [1.54, 1.807) is 4.90 Å². The molecular formula is C13H19N3O3S. The predicted octanol–water partition coefficient (Wildman–Crippen LogP) is 0.102. The van der Waals surface area contributed by atoms with Gasteiger partial charge in [0.2, 0.25) is 5.91 Å². The maximum absolute atomic E-state index is 12.3. The molecule has 0 aromatic heterocycles. The van der Waals surface area contributed by atoms with Crippen LogP contribution >= 0.6 is 0 Å². The maximum Gasteiger partial charge on any atom is 0.274 e. The summed E-state index contributed by atoms with van der Waals surface area (Å²) in [6, 6.07) is 7.48. The molecule has 1 saturated heterocycles. The lowest BCUT2D eigenvalue weighted by Gasteiger charge is -2.40. The van der Waals surface area contributed by atoms with E-state index in [2.05, 4.69) is 4.72 Å². The van der Waals surface area contributed by atoms with Crippen molar-refractivity contribution >= 4 is 16.1 Å². The standard InChI is InChI=1S/C13H19N3O3S/c1-9-5-3-4-6-12(9)10(2)13(17)16-7-11(8-16)15-20(14,18)19/h3-6,10-11,15H,7-8H2,1-2H3,(H2,14,18,19). The molecule has 0 spiro atoms. The number of nitrogens with two attached hydrogens (primary N) is 1. The summed E-state index contributed by atoms with van der Waals surface area (Å²) in [6.07, 6.45) is 0. The highest BCUT2D eigenvalue weighted by atomic mass is 32.2. The summed E-state index contributed by atoms with van der Waals surface area (Å²) >= 11 is 0. The summed E-state index contributed by atoms with van der Waals surface area (Å²) in [7, 11) is -3.70. The van der Waals surface area contributed by atoms with E-state index >= 15 is 0 Å². The molecule has 0 bridgehead atoms. The van der Waals surface area contributed by atoms with Crippen molar-refractivity contribution in [2.75, 3.05) is 13.1 Å². The first-order valence-electron chi connectivity index (χ1n) is 6.42. The molecule has 1 aromatic rings. The number of carbonyl (C=O) groups is 1. The summed E-state index contributed by atoms with van der Waals surface area (Å²) in [5.41, 5.74) is 2.08. The average Bonchev–Trinajstić information content (AvgIpc) is 2.31. The van der Waals surface area contributed by atoms with E-state index in [1.807, 2.05) is 38.1 Å². The summed E-state index contributed by atoms with van der Waals surface area (Å²) in [6.45, 7) is 4.57. The molecule has 0 saturated carbocycles. The quantitative estimate of drug-likeness (QED) is 0.825. The van der Waals surface area contributed by atoms with Gasteiger partial charge in [-0.3, -0.25) is 4.79 Å². The summed E-state index contributed by atoms with van der Waals surface area (Å²) in [5, 5.41) is 4.90. The van der Waals surface area contributed by atoms with Crippen LogP contribution in [0.2, 0.25) is 0 Å². The van der Waals surface area contributed by atoms with Crippen molar-refractivity contribution in [1.82, 2.24) is 9.62 Å². The van der Waals surface area contributed by atoms with E-state index in [0.717, 1.165) is 11.1 Å². The largest absolute Gasteiger partial charge is 0.339 e. The van der Waals surface area contributed by atoms with Gasteiger partial charge in [0.25, 0.3) is 10.2 Å². The molecule has 3 N–H and O–H groups in total. The predicted molar refractivity (Wildman–Crippen MR) is 76.2 cm³/mol. The Balaban J connectivity index is 1.96. The molecule has 20 heavy (non-hydrogen) atoms. The molecule has 0 radical (unpaired) electrons. The molecule has 1 aromatic carbocycles.